The number of anilines is 1. The average Bonchev–Trinajstić information content (AvgIpc) is 2.79. The molecule has 0 saturated heterocycles. The third kappa shape index (κ3) is 3.09. The van der Waals surface area contributed by atoms with Crippen LogP contribution in [0, 0.1) is 19.7 Å². The molecule has 1 heterocycles. The molecule has 0 aliphatic carbocycles. The van der Waals surface area contributed by atoms with Crippen molar-refractivity contribution in [2.24, 2.45) is 0 Å². The minimum absolute atomic E-state index is 0.207. The molecule has 0 fully saturated rings. The number of benzene rings is 1. The molecule has 2 N–H and O–H groups in total. The molecular weight excluding hydrogens is 311 g/mol. The Morgan fingerprint density at radius 3 is 2.52 bits per heavy atom. The van der Waals surface area contributed by atoms with E-state index < -0.39 is 15.8 Å². The maximum Gasteiger partial charge on any atom is 0.246 e. The van der Waals surface area contributed by atoms with Crippen molar-refractivity contribution >= 4 is 27.0 Å². The fraction of sp³-hybridized carbons (Fsp3) is 0.286. The van der Waals surface area contributed by atoms with Gasteiger partial charge in [-0.3, -0.25) is 0 Å². The van der Waals surface area contributed by atoms with Crippen LogP contribution < -0.4 is 5.73 Å². The number of nitrogens with zero attached hydrogens (tertiary/aromatic N) is 1. The first-order valence-corrected chi connectivity index (χ1v) is 8.60. The maximum atomic E-state index is 14.0. The highest BCUT2D eigenvalue weighted by molar-refractivity contribution is 7.89. The molecule has 21 heavy (non-hydrogen) atoms. The highest BCUT2D eigenvalue weighted by atomic mass is 32.2. The third-order valence-electron chi connectivity index (χ3n) is 3.34. The van der Waals surface area contributed by atoms with Gasteiger partial charge in [0.15, 0.2) is 0 Å². The second-order valence-electron chi connectivity index (χ2n) is 4.93. The van der Waals surface area contributed by atoms with Crippen LogP contribution in [0.3, 0.4) is 0 Å². The van der Waals surface area contributed by atoms with Crippen molar-refractivity contribution in [3.8, 4) is 0 Å². The van der Waals surface area contributed by atoms with Gasteiger partial charge in [0, 0.05) is 24.2 Å². The fourth-order valence-electron chi connectivity index (χ4n) is 1.89. The number of thiophene rings is 1. The van der Waals surface area contributed by atoms with Gasteiger partial charge >= 0.3 is 0 Å². The standard InChI is InChI=1S/C14H17FN2O2S2/c1-9-4-5-20-13(9)8-17(3)21(18,19)14-7-12(16)10(2)6-11(14)15/h4-7H,8,16H2,1-3H3. The van der Waals surface area contributed by atoms with E-state index in [0.29, 0.717) is 5.56 Å². The van der Waals surface area contributed by atoms with Crippen LogP contribution in [0.4, 0.5) is 10.1 Å². The molecule has 1 aromatic heterocycles. The summed E-state index contributed by atoms with van der Waals surface area (Å²) in [5.41, 5.74) is 7.50. The minimum Gasteiger partial charge on any atom is -0.398 e. The van der Waals surface area contributed by atoms with Crippen LogP contribution in [0.15, 0.2) is 28.5 Å². The molecule has 7 heteroatoms. The summed E-state index contributed by atoms with van der Waals surface area (Å²) in [6.45, 7) is 3.75. The molecule has 0 bridgehead atoms. The van der Waals surface area contributed by atoms with E-state index >= 15 is 0 Å². The van der Waals surface area contributed by atoms with E-state index in [4.69, 9.17) is 5.73 Å². The number of hydrogen-bond acceptors (Lipinski definition) is 4. The average molecular weight is 328 g/mol. The molecule has 0 unspecified atom stereocenters. The molecule has 0 aliphatic rings. The Balaban J connectivity index is 2.38. The van der Waals surface area contributed by atoms with Gasteiger partial charge in [-0.1, -0.05) is 0 Å². The number of aryl methyl sites for hydroxylation is 2. The lowest BCUT2D eigenvalue weighted by atomic mass is 10.2. The van der Waals surface area contributed by atoms with Crippen molar-refractivity contribution in [3.63, 3.8) is 0 Å². The number of nitrogen functional groups attached to an aromatic ring is 1. The van der Waals surface area contributed by atoms with Crippen LogP contribution in [0.5, 0.6) is 0 Å². The number of nitrogens with two attached hydrogens (primary N) is 1. The van der Waals surface area contributed by atoms with E-state index in [1.165, 1.54) is 24.5 Å². The molecule has 0 atom stereocenters. The van der Waals surface area contributed by atoms with Gasteiger partial charge in [-0.25, -0.2) is 12.8 Å². The van der Waals surface area contributed by atoms with Gasteiger partial charge in [0.25, 0.3) is 0 Å². The molecule has 2 aromatic rings. The van der Waals surface area contributed by atoms with Crippen LogP contribution in [-0.4, -0.2) is 19.8 Å². The zero-order valence-electron chi connectivity index (χ0n) is 12.1. The van der Waals surface area contributed by atoms with Gasteiger partial charge < -0.3 is 5.73 Å². The summed E-state index contributed by atoms with van der Waals surface area (Å²) in [5, 5.41) is 1.90. The molecule has 0 saturated carbocycles. The quantitative estimate of drug-likeness (QED) is 0.878. The highest BCUT2D eigenvalue weighted by Crippen LogP contribution is 2.26. The second kappa shape index (κ2) is 5.75. The van der Waals surface area contributed by atoms with E-state index in [9.17, 15) is 12.8 Å². The largest absolute Gasteiger partial charge is 0.398 e. The van der Waals surface area contributed by atoms with Gasteiger partial charge in [0.2, 0.25) is 10.0 Å². The second-order valence-corrected chi connectivity index (χ2v) is 7.94. The number of rotatable bonds is 4. The molecular formula is C14H17FN2O2S2. The van der Waals surface area contributed by atoms with Gasteiger partial charge in [0.1, 0.15) is 10.7 Å². The van der Waals surface area contributed by atoms with Crippen LogP contribution in [0.25, 0.3) is 0 Å². The molecule has 0 spiro atoms. The summed E-state index contributed by atoms with van der Waals surface area (Å²) in [5.74, 6) is -0.781. The van der Waals surface area contributed by atoms with Crippen molar-refractivity contribution in [2.75, 3.05) is 12.8 Å². The van der Waals surface area contributed by atoms with Gasteiger partial charge in [-0.15, -0.1) is 11.3 Å². The van der Waals surface area contributed by atoms with E-state index in [1.807, 2.05) is 18.4 Å². The van der Waals surface area contributed by atoms with Gasteiger partial charge in [-0.05, 0) is 48.6 Å². The summed E-state index contributed by atoms with van der Waals surface area (Å²) in [4.78, 5) is 0.545. The lowest BCUT2D eigenvalue weighted by Crippen LogP contribution is -2.27. The number of hydrogen-bond donors (Lipinski definition) is 1. The Labute approximate surface area is 128 Å². The van der Waals surface area contributed by atoms with Crippen molar-refractivity contribution in [1.82, 2.24) is 4.31 Å². The first-order chi connectivity index (χ1) is 9.73. The lowest BCUT2D eigenvalue weighted by Gasteiger charge is -2.18. The Bertz CT molecular complexity index is 769. The Morgan fingerprint density at radius 1 is 1.29 bits per heavy atom. The third-order valence-corrected chi connectivity index (χ3v) is 6.17. The van der Waals surface area contributed by atoms with Crippen molar-refractivity contribution < 1.29 is 12.8 Å². The summed E-state index contributed by atoms with van der Waals surface area (Å²) in [6, 6.07) is 4.25. The molecule has 4 nitrogen and oxygen atoms in total. The van der Waals surface area contributed by atoms with Crippen LogP contribution in [0.2, 0.25) is 0 Å². The summed E-state index contributed by atoms with van der Waals surface area (Å²) < 4.78 is 40.1. The molecule has 0 aliphatic heterocycles. The van der Waals surface area contributed by atoms with E-state index in [0.717, 1.165) is 20.8 Å². The van der Waals surface area contributed by atoms with E-state index in [-0.39, 0.29) is 17.1 Å². The minimum atomic E-state index is -3.92. The highest BCUT2D eigenvalue weighted by Gasteiger charge is 2.26. The number of halogens is 1. The number of sulfonamides is 1. The lowest BCUT2D eigenvalue weighted by molar-refractivity contribution is 0.462. The molecule has 114 valence electrons. The van der Waals surface area contributed by atoms with Gasteiger partial charge in [-0.2, -0.15) is 4.31 Å². The SMILES string of the molecule is Cc1cc(F)c(S(=O)(=O)N(C)Cc2sccc2C)cc1N. The van der Waals surface area contributed by atoms with E-state index in [1.54, 1.807) is 6.92 Å². The fourth-order valence-corrected chi connectivity index (χ4v) is 4.14. The van der Waals surface area contributed by atoms with Crippen LogP contribution >= 0.6 is 11.3 Å². The molecule has 2 rings (SSSR count). The van der Waals surface area contributed by atoms with Crippen molar-refractivity contribution in [2.45, 2.75) is 25.3 Å². The first-order valence-electron chi connectivity index (χ1n) is 6.28. The normalized spacial score (nSPS) is 12.0. The smallest absolute Gasteiger partial charge is 0.246 e. The van der Waals surface area contributed by atoms with Gasteiger partial charge in [0.05, 0.1) is 0 Å². The van der Waals surface area contributed by atoms with Crippen molar-refractivity contribution in [3.05, 3.63) is 45.4 Å². The summed E-state index contributed by atoms with van der Waals surface area (Å²) >= 11 is 1.47. The Morgan fingerprint density at radius 2 is 1.95 bits per heavy atom. The van der Waals surface area contributed by atoms with Crippen LogP contribution in [0.1, 0.15) is 16.0 Å². The predicted octanol–water partition coefficient (Wildman–Crippen LogP) is 2.91. The zero-order chi connectivity index (χ0) is 15.8. The van der Waals surface area contributed by atoms with Crippen LogP contribution in [-0.2, 0) is 16.6 Å². The molecule has 0 radical (unpaired) electrons. The predicted molar refractivity (Wildman–Crippen MR) is 83.3 cm³/mol. The Kier molecular flexibility index (Phi) is 4.36. The topological polar surface area (TPSA) is 63.4 Å². The monoisotopic (exact) mass is 328 g/mol. The maximum absolute atomic E-state index is 14.0. The van der Waals surface area contributed by atoms with Crippen molar-refractivity contribution in [1.29, 1.82) is 0 Å². The molecule has 0 amide bonds. The van der Waals surface area contributed by atoms with E-state index in [2.05, 4.69) is 0 Å². The zero-order valence-corrected chi connectivity index (χ0v) is 13.7. The first kappa shape index (κ1) is 15.9. The molecule has 1 aromatic carbocycles. The Hall–Kier alpha value is -1.44. The summed E-state index contributed by atoms with van der Waals surface area (Å²) in [6.07, 6.45) is 0. The summed E-state index contributed by atoms with van der Waals surface area (Å²) in [7, 11) is -2.48.